The molecule has 6 heteroatoms. The van der Waals surface area contributed by atoms with Crippen molar-refractivity contribution in [3.05, 3.63) is 39.9 Å². The fourth-order valence-corrected chi connectivity index (χ4v) is 2.55. The van der Waals surface area contributed by atoms with E-state index in [0.29, 0.717) is 12.1 Å². The summed E-state index contributed by atoms with van der Waals surface area (Å²) in [6.45, 7) is 2.32. The van der Waals surface area contributed by atoms with Crippen LogP contribution < -0.4 is 0 Å². The van der Waals surface area contributed by atoms with Gasteiger partial charge in [-0.15, -0.1) is 0 Å². The third-order valence-electron chi connectivity index (χ3n) is 3.69. The summed E-state index contributed by atoms with van der Waals surface area (Å²) < 4.78 is 0. The van der Waals surface area contributed by atoms with Gasteiger partial charge in [0.2, 0.25) is 0 Å². The highest BCUT2D eigenvalue weighted by atomic mass is 16.6. The summed E-state index contributed by atoms with van der Waals surface area (Å²) >= 11 is 0. The van der Waals surface area contributed by atoms with Gasteiger partial charge in [0.1, 0.15) is 0 Å². The first kappa shape index (κ1) is 14.5. The van der Waals surface area contributed by atoms with Crippen LogP contribution in [-0.4, -0.2) is 40.5 Å². The molecule has 1 unspecified atom stereocenters. The fraction of sp³-hybridized carbons (Fsp3) is 0.500. The molecular weight excluding hydrogens is 260 g/mol. The SMILES string of the molecule is O=C(O)C(CN1CCCCC1)c1ccc([N+](=O)[O-])cc1. The highest BCUT2D eigenvalue weighted by Gasteiger charge is 2.24. The summed E-state index contributed by atoms with van der Waals surface area (Å²) in [6.07, 6.45) is 3.41. The minimum absolute atomic E-state index is 0.0177. The van der Waals surface area contributed by atoms with Gasteiger partial charge in [0.25, 0.3) is 5.69 Å². The molecular formula is C14H18N2O4. The minimum atomic E-state index is -0.885. The van der Waals surface area contributed by atoms with Gasteiger partial charge in [-0.25, -0.2) is 0 Å². The van der Waals surface area contributed by atoms with Crippen molar-refractivity contribution < 1.29 is 14.8 Å². The van der Waals surface area contributed by atoms with Crippen LogP contribution >= 0.6 is 0 Å². The van der Waals surface area contributed by atoms with Crippen LogP contribution in [-0.2, 0) is 4.79 Å². The molecule has 0 saturated carbocycles. The largest absolute Gasteiger partial charge is 0.481 e. The minimum Gasteiger partial charge on any atom is -0.481 e. The van der Waals surface area contributed by atoms with Crippen molar-refractivity contribution in [3.8, 4) is 0 Å². The Morgan fingerprint density at radius 1 is 1.25 bits per heavy atom. The summed E-state index contributed by atoms with van der Waals surface area (Å²) in [4.78, 5) is 23.7. The van der Waals surface area contributed by atoms with Crippen LogP contribution in [0.2, 0.25) is 0 Å². The molecule has 1 aliphatic rings. The number of benzene rings is 1. The fourth-order valence-electron chi connectivity index (χ4n) is 2.55. The predicted octanol–water partition coefficient (Wildman–Crippen LogP) is 2.25. The van der Waals surface area contributed by atoms with Gasteiger partial charge in [0.05, 0.1) is 10.8 Å². The lowest BCUT2D eigenvalue weighted by atomic mass is 9.97. The number of hydrogen-bond donors (Lipinski definition) is 1. The molecule has 108 valence electrons. The number of aliphatic carboxylic acids is 1. The van der Waals surface area contributed by atoms with E-state index in [1.165, 1.54) is 18.6 Å². The first-order chi connectivity index (χ1) is 9.58. The summed E-state index contributed by atoms with van der Waals surface area (Å²) in [5, 5.41) is 20.0. The van der Waals surface area contributed by atoms with Gasteiger partial charge in [-0.3, -0.25) is 14.9 Å². The summed E-state index contributed by atoms with van der Waals surface area (Å²) in [5.41, 5.74) is 0.601. The lowest BCUT2D eigenvalue weighted by Crippen LogP contribution is -2.35. The van der Waals surface area contributed by atoms with E-state index in [4.69, 9.17) is 0 Å². The standard InChI is InChI=1S/C14H18N2O4/c17-14(18)13(10-15-8-2-1-3-9-15)11-4-6-12(7-5-11)16(19)20/h4-7,13H,1-3,8-10H2,(H,17,18). The van der Waals surface area contributed by atoms with E-state index < -0.39 is 16.8 Å². The smallest absolute Gasteiger partial charge is 0.312 e. The molecule has 2 rings (SSSR count). The molecule has 1 fully saturated rings. The zero-order valence-corrected chi connectivity index (χ0v) is 11.2. The topological polar surface area (TPSA) is 83.7 Å². The maximum Gasteiger partial charge on any atom is 0.312 e. The Bertz CT molecular complexity index is 480. The van der Waals surface area contributed by atoms with Crippen molar-refractivity contribution in [3.63, 3.8) is 0 Å². The van der Waals surface area contributed by atoms with Crippen molar-refractivity contribution in [2.45, 2.75) is 25.2 Å². The molecule has 6 nitrogen and oxygen atoms in total. The molecule has 0 amide bonds. The Kier molecular flexibility index (Phi) is 4.68. The Morgan fingerprint density at radius 3 is 2.35 bits per heavy atom. The quantitative estimate of drug-likeness (QED) is 0.659. The molecule has 1 heterocycles. The number of nitro benzene ring substituents is 1. The van der Waals surface area contributed by atoms with E-state index in [1.807, 2.05) is 0 Å². The van der Waals surface area contributed by atoms with Crippen molar-refractivity contribution in [2.24, 2.45) is 0 Å². The first-order valence-electron chi connectivity index (χ1n) is 6.77. The number of likely N-dealkylation sites (tertiary alicyclic amines) is 1. The Labute approximate surface area is 117 Å². The number of nitro groups is 1. The number of nitrogens with zero attached hydrogens (tertiary/aromatic N) is 2. The van der Waals surface area contributed by atoms with E-state index in [1.54, 1.807) is 12.1 Å². The molecule has 1 aromatic carbocycles. The van der Waals surface area contributed by atoms with Crippen molar-refractivity contribution >= 4 is 11.7 Å². The van der Waals surface area contributed by atoms with Crippen molar-refractivity contribution in [1.29, 1.82) is 0 Å². The summed E-state index contributed by atoms with van der Waals surface area (Å²) in [5.74, 6) is -1.52. The van der Waals surface area contributed by atoms with Gasteiger partial charge >= 0.3 is 5.97 Å². The van der Waals surface area contributed by atoms with Crippen molar-refractivity contribution in [2.75, 3.05) is 19.6 Å². The molecule has 1 aliphatic heterocycles. The van der Waals surface area contributed by atoms with E-state index in [0.717, 1.165) is 25.9 Å². The first-order valence-corrected chi connectivity index (χ1v) is 6.77. The van der Waals surface area contributed by atoms with E-state index in [-0.39, 0.29) is 5.69 Å². The molecule has 1 N–H and O–H groups in total. The second-order valence-corrected chi connectivity index (χ2v) is 5.10. The molecule has 0 bridgehead atoms. The number of non-ortho nitro benzene ring substituents is 1. The second-order valence-electron chi connectivity index (χ2n) is 5.10. The highest BCUT2D eigenvalue weighted by Crippen LogP contribution is 2.22. The second kappa shape index (κ2) is 6.47. The molecule has 1 aromatic rings. The molecule has 0 radical (unpaired) electrons. The summed E-state index contributed by atoms with van der Waals surface area (Å²) in [7, 11) is 0. The monoisotopic (exact) mass is 278 g/mol. The van der Waals surface area contributed by atoms with Crippen LogP contribution in [0.15, 0.2) is 24.3 Å². The van der Waals surface area contributed by atoms with Crippen LogP contribution in [0.1, 0.15) is 30.7 Å². The zero-order valence-electron chi connectivity index (χ0n) is 11.2. The van der Waals surface area contributed by atoms with Crippen LogP contribution in [0.3, 0.4) is 0 Å². The normalized spacial score (nSPS) is 17.6. The molecule has 0 aromatic heterocycles. The number of hydrogen-bond acceptors (Lipinski definition) is 4. The Morgan fingerprint density at radius 2 is 1.85 bits per heavy atom. The molecule has 20 heavy (non-hydrogen) atoms. The van der Waals surface area contributed by atoms with Crippen LogP contribution in [0.4, 0.5) is 5.69 Å². The molecule has 0 spiro atoms. The number of carboxylic acids is 1. The highest BCUT2D eigenvalue weighted by molar-refractivity contribution is 5.76. The molecule has 0 aliphatic carbocycles. The van der Waals surface area contributed by atoms with Crippen molar-refractivity contribution in [1.82, 2.24) is 4.90 Å². The molecule has 1 atom stereocenters. The Hall–Kier alpha value is -1.95. The van der Waals surface area contributed by atoms with E-state index in [2.05, 4.69) is 4.90 Å². The van der Waals surface area contributed by atoms with E-state index in [9.17, 15) is 20.0 Å². The number of carboxylic acid groups (broad SMARTS) is 1. The Balaban J connectivity index is 2.11. The molecule has 1 saturated heterocycles. The maximum atomic E-state index is 11.4. The maximum absolute atomic E-state index is 11.4. The average molecular weight is 278 g/mol. The van der Waals surface area contributed by atoms with Gasteiger partial charge in [0, 0.05) is 18.7 Å². The zero-order chi connectivity index (χ0) is 14.5. The van der Waals surface area contributed by atoms with Crippen LogP contribution in [0.5, 0.6) is 0 Å². The number of piperidine rings is 1. The third kappa shape index (κ3) is 3.54. The third-order valence-corrected chi connectivity index (χ3v) is 3.69. The van der Waals surface area contributed by atoms with Gasteiger partial charge in [0.15, 0.2) is 0 Å². The van der Waals surface area contributed by atoms with Gasteiger partial charge in [-0.05, 0) is 31.5 Å². The number of rotatable bonds is 5. The van der Waals surface area contributed by atoms with Crippen LogP contribution in [0.25, 0.3) is 0 Å². The number of carbonyl (C=O) groups is 1. The predicted molar refractivity (Wildman–Crippen MR) is 73.8 cm³/mol. The van der Waals surface area contributed by atoms with E-state index >= 15 is 0 Å². The van der Waals surface area contributed by atoms with Gasteiger partial charge in [-0.2, -0.15) is 0 Å². The average Bonchev–Trinajstić information content (AvgIpc) is 2.45. The van der Waals surface area contributed by atoms with Gasteiger partial charge in [-0.1, -0.05) is 18.6 Å². The lowest BCUT2D eigenvalue weighted by Gasteiger charge is -2.29. The van der Waals surface area contributed by atoms with Crippen LogP contribution in [0, 0.1) is 10.1 Å². The summed E-state index contributed by atoms with van der Waals surface area (Å²) in [6, 6.07) is 5.81. The van der Waals surface area contributed by atoms with Gasteiger partial charge < -0.3 is 10.0 Å². The lowest BCUT2D eigenvalue weighted by molar-refractivity contribution is -0.384.